The topological polar surface area (TPSA) is 76.7 Å². The van der Waals surface area contributed by atoms with Crippen molar-refractivity contribution in [3.05, 3.63) is 30.3 Å². The lowest BCUT2D eigenvalue weighted by Gasteiger charge is -2.36. The number of amides is 2. The molecule has 0 aromatic heterocycles. The number of nitrogens with one attached hydrogen (secondary N) is 3. The van der Waals surface area contributed by atoms with Crippen molar-refractivity contribution in [2.24, 2.45) is 5.92 Å². The van der Waals surface area contributed by atoms with Gasteiger partial charge >= 0.3 is 0 Å². The quantitative estimate of drug-likeness (QED) is 0.599. The van der Waals surface area contributed by atoms with E-state index in [1.54, 1.807) is 0 Å². The van der Waals surface area contributed by atoms with E-state index in [0.717, 1.165) is 5.69 Å². The fourth-order valence-corrected chi connectivity index (χ4v) is 4.63. The molecule has 1 aromatic carbocycles. The minimum atomic E-state index is -0.259. The number of carbonyl (C=O) groups is 2. The normalized spacial score (nSPS) is 26.4. The Morgan fingerprint density at radius 1 is 1.15 bits per heavy atom. The Kier molecular flexibility index (Phi) is 6.86. The van der Waals surface area contributed by atoms with Crippen LogP contribution >= 0.6 is 15.9 Å². The first-order chi connectivity index (χ1) is 13.0. The van der Waals surface area contributed by atoms with Gasteiger partial charge in [0.2, 0.25) is 11.8 Å². The molecule has 0 spiro atoms. The monoisotopic (exact) mass is 437 g/mol. The van der Waals surface area contributed by atoms with Crippen LogP contribution in [-0.2, 0) is 9.59 Å². The molecule has 3 atom stereocenters. The van der Waals surface area contributed by atoms with Crippen molar-refractivity contribution in [1.29, 1.82) is 0 Å². The molecule has 0 aliphatic carbocycles. The molecule has 2 fully saturated rings. The van der Waals surface area contributed by atoms with E-state index in [1.807, 2.05) is 35.2 Å². The van der Waals surface area contributed by atoms with Gasteiger partial charge in [-0.25, -0.2) is 5.43 Å². The van der Waals surface area contributed by atoms with Crippen LogP contribution in [0.5, 0.6) is 0 Å². The van der Waals surface area contributed by atoms with E-state index < -0.39 is 0 Å². The van der Waals surface area contributed by atoms with Crippen LogP contribution in [-0.4, -0.2) is 71.2 Å². The summed E-state index contributed by atoms with van der Waals surface area (Å²) >= 11 is 3.68. The minimum absolute atomic E-state index is 0.0251. The standard InChI is InChI=1S/C19H28BrN5O2/c1-13(2)17-16(20)18(23-22-17)19(27)25-10-8-24(9-11-25)12-15(26)21-14-6-4-3-5-7-14/h3-7,13,16-18,22-23H,8-12H2,1-2H3,(H,21,26). The van der Waals surface area contributed by atoms with E-state index in [1.165, 1.54) is 0 Å². The number of piperazine rings is 1. The van der Waals surface area contributed by atoms with Gasteiger partial charge in [-0.3, -0.25) is 19.9 Å². The zero-order valence-corrected chi connectivity index (χ0v) is 17.4. The number of benzene rings is 1. The van der Waals surface area contributed by atoms with Gasteiger partial charge in [0.05, 0.1) is 11.4 Å². The second-order valence-electron chi connectivity index (χ2n) is 7.50. The molecule has 27 heavy (non-hydrogen) atoms. The second-order valence-corrected chi connectivity index (χ2v) is 8.55. The number of hydrogen-bond donors (Lipinski definition) is 3. The zero-order chi connectivity index (χ0) is 19.4. The summed E-state index contributed by atoms with van der Waals surface area (Å²) in [6.45, 7) is 7.31. The Balaban J connectivity index is 1.45. The SMILES string of the molecule is CC(C)C1NNC(C(=O)N2CCN(CC(=O)Nc3ccccc3)CC2)C1Br. The van der Waals surface area contributed by atoms with Crippen molar-refractivity contribution >= 4 is 33.4 Å². The Morgan fingerprint density at radius 2 is 1.81 bits per heavy atom. The van der Waals surface area contributed by atoms with E-state index in [0.29, 0.717) is 38.6 Å². The average Bonchev–Trinajstić information content (AvgIpc) is 3.04. The molecule has 3 rings (SSSR count). The van der Waals surface area contributed by atoms with E-state index in [-0.39, 0.29) is 28.7 Å². The summed E-state index contributed by atoms with van der Waals surface area (Å²) in [5.74, 6) is 0.517. The highest BCUT2D eigenvalue weighted by Gasteiger charge is 2.41. The lowest BCUT2D eigenvalue weighted by atomic mass is 9.99. The number of alkyl halides is 1. The van der Waals surface area contributed by atoms with E-state index in [2.05, 4.69) is 50.8 Å². The number of hydrogen-bond acceptors (Lipinski definition) is 5. The number of anilines is 1. The predicted molar refractivity (Wildman–Crippen MR) is 109 cm³/mol. The molecule has 8 heteroatoms. The maximum Gasteiger partial charge on any atom is 0.242 e. The highest BCUT2D eigenvalue weighted by atomic mass is 79.9. The van der Waals surface area contributed by atoms with Gasteiger partial charge in [0.1, 0.15) is 6.04 Å². The van der Waals surface area contributed by atoms with Crippen molar-refractivity contribution in [2.45, 2.75) is 30.8 Å². The minimum Gasteiger partial charge on any atom is -0.339 e. The van der Waals surface area contributed by atoms with Gasteiger partial charge in [-0.2, -0.15) is 0 Å². The van der Waals surface area contributed by atoms with Crippen LogP contribution in [0.4, 0.5) is 5.69 Å². The number of carbonyl (C=O) groups excluding carboxylic acids is 2. The first-order valence-electron chi connectivity index (χ1n) is 9.47. The molecule has 3 N–H and O–H groups in total. The summed E-state index contributed by atoms with van der Waals surface area (Å²) in [5.41, 5.74) is 7.17. The molecule has 2 aliphatic rings. The Bertz CT molecular complexity index is 649. The third-order valence-corrected chi connectivity index (χ3v) is 6.26. The lowest BCUT2D eigenvalue weighted by molar-refractivity contribution is -0.134. The van der Waals surface area contributed by atoms with E-state index >= 15 is 0 Å². The predicted octanol–water partition coefficient (Wildman–Crippen LogP) is 1.03. The number of rotatable bonds is 5. The van der Waals surface area contributed by atoms with Gasteiger partial charge < -0.3 is 10.2 Å². The maximum atomic E-state index is 12.8. The number of halogens is 1. The summed E-state index contributed by atoms with van der Waals surface area (Å²) in [7, 11) is 0. The van der Waals surface area contributed by atoms with E-state index in [9.17, 15) is 9.59 Å². The Labute approximate surface area is 168 Å². The fourth-order valence-electron chi connectivity index (χ4n) is 3.53. The van der Waals surface area contributed by atoms with Crippen LogP contribution in [0.25, 0.3) is 0 Å². The molecule has 2 heterocycles. The zero-order valence-electron chi connectivity index (χ0n) is 15.8. The van der Waals surface area contributed by atoms with Gasteiger partial charge in [-0.1, -0.05) is 48.0 Å². The molecule has 0 bridgehead atoms. The van der Waals surface area contributed by atoms with Crippen LogP contribution in [0.15, 0.2) is 30.3 Å². The van der Waals surface area contributed by atoms with Gasteiger partial charge in [0.15, 0.2) is 0 Å². The van der Waals surface area contributed by atoms with Crippen LogP contribution < -0.4 is 16.2 Å². The third kappa shape index (κ3) is 5.07. The molecule has 7 nitrogen and oxygen atoms in total. The van der Waals surface area contributed by atoms with Gasteiger partial charge in [-0.05, 0) is 18.1 Å². The van der Waals surface area contributed by atoms with Crippen LogP contribution in [0.2, 0.25) is 0 Å². The summed E-state index contributed by atoms with van der Waals surface area (Å²) in [6.07, 6.45) is 0. The van der Waals surface area contributed by atoms with Gasteiger partial charge in [0.25, 0.3) is 0 Å². The molecule has 2 amide bonds. The summed E-state index contributed by atoms with van der Waals surface area (Å²) in [4.78, 5) is 29.1. The molecule has 148 valence electrons. The molecule has 3 unspecified atom stereocenters. The highest BCUT2D eigenvalue weighted by Crippen LogP contribution is 2.23. The lowest BCUT2D eigenvalue weighted by Crippen LogP contribution is -2.55. The van der Waals surface area contributed by atoms with Crippen molar-refractivity contribution < 1.29 is 9.59 Å². The molecule has 0 radical (unpaired) electrons. The molecule has 1 aromatic rings. The summed E-state index contributed by atoms with van der Waals surface area (Å²) in [5, 5.41) is 2.90. The molecular weight excluding hydrogens is 410 g/mol. The maximum absolute atomic E-state index is 12.8. The first kappa shape index (κ1) is 20.3. The Morgan fingerprint density at radius 3 is 2.41 bits per heavy atom. The molecule has 2 aliphatic heterocycles. The van der Waals surface area contributed by atoms with Crippen molar-refractivity contribution in [3.8, 4) is 0 Å². The van der Waals surface area contributed by atoms with Crippen molar-refractivity contribution in [1.82, 2.24) is 20.7 Å². The van der Waals surface area contributed by atoms with Crippen LogP contribution in [0, 0.1) is 5.92 Å². The van der Waals surface area contributed by atoms with Crippen molar-refractivity contribution in [2.75, 3.05) is 38.0 Å². The van der Waals surface area contributed by atoms with Gasteiger partial charge in [0, 0.05) is 37.9 Å². The largest absolute Gasteiger partial charge is 0.339 e. The summed E-state index contributed by atoms with van der Waals surface area (Å²) < 4.78 is 0. The molecule has 2 saturated heterocycles. The van der Waals surface area contributed by atoms with Crippen LogP contribution in [0.1, 0.15) is 13.8 Å². The molecule has 0 saturated carbocycles. The van der Waals surface area contributed by atoms with Gasteiger partial charge in [-0.15, -0.1) is 0 Å². The van der Waals surface area contributed by atoms with Crippen LogP contribution in [0.3, 0.4) is 0 Å². The highest BCUT2D eigenvalue weighted by molar-refractivity contribution is 9.09. The summed E-state index contributed by atoms with van der Waals surface area (Å²) in [6, 6.07) is 9.42. The van der Waals surface area contributed by atoms with Crippen molar-refractivity contribution in [3.63, 3.8) is 0 Å². The molecular formula is C19H28BrN5O2. The third-order valence-electron chi connectivity index (χ3n) is 5.16. The smallest absolute Gasteiger partial charge is 0.242 e. The number of nitrogens with zero attached hydrogens (tertiary/aromatic N) is 2. The first-order valence-corrected chi connectivity index (χ1v) is 10.4. The average molecular weight is 438 g/mol. The fraction of sp³-hybridized carbons (Fsp3) is 0.579. The number of para-hydroxylation sites is 1. The van der Waals surface area contributed by atoms with E-state index in [4.69, 9.17) is 0 Å². The Hall–Kier alpha value is -1.48. The second kappa shape index (κ2) is 9.14. The number of hydrazine groups is 1.